The minimum absolute atomic E-state index is 0.00169. The monoisotopic (exact) mass is 508 g/mol. The predicted octanol–water partition coefficient (Wildman–Crippen LogP) is 3.16. The average molecular weight is 508 g/mol. The van der Waals surface area contributed by atoms with Crippen LogP contribution < -0.4 is 10.1 Å². The summed E-state index contributed by atoms with van der Waals surface area (Å²) in [5.41, 5.74) is -2.83. The highest BCUT2D eigenvalue weighted by atomic mass is 19.4. The Hall–Kier alpha value is -4.22. The van der Waals surface area contributed by atoms with Gasteiger partial charge in [0, 0.05) is 5.56 Å². The number of rotatable bonds is 8. The molecule has 0 radical (unpaired) electrons. The van der Waals surface area contributed by atoms with Gasteiger partial charge in [0.1, 0.15) is 18.6 Å². The minimum Gasteiger partial charge on any atom is -0.484 e. The maximum Gasteiger partial charge on any atom is 0.433 e. The van der Waals surface area contributed by atoms with E-state index < -0.39 is 42.3 Å². The third kappa shape index (κ3) is 5.21. The van der Waals surface area contributed by atoms with Gasteiger partial charge in [0.15, 0.2) is 11.6 Å². The van der Waals surface area contributed by atoms with Crippen molar-refractivity contribution in [3.63, 3.8) is 0 Å². The third-order valence-corrected chi connectivity index (χ3v) is 5.32. The maximum atomic E-state index is 13.4. The molecule has 3 aromatic rings. The number of alkyl halides is 5. The fraction of sp³-hybridized carbons (Fsp3) is 0.381. The van der Waals surface area contributed by atoms with Crippen LogP contribution in [0.2, 0.25) is 0 Å². The van der Waals surface area contributed by atoms with Crippen LogP contribution in [-0.2, 0) is 11.6 Å². The van der Waals surface area contributed by atoms with E-state index in [4.69, 9.17) is 4.74 Å². The van der Waals surface area contributed by atoms with Crippen LogP contribution in [0, 0.1) is 11.3 Å². The van der Waals surface area contributed by atoms with Gasteiger partial charge in [-0.25, -0.2) is 28.7 Å². The van der Waals surface area contributed by atoms with Crippen LogP contribution >= 0.6 is 0 Å². The second kappa shape index (κ2) is 9.44. The molecule has 10 nitrogen and oxygen atoms in total. The van der Waals surface area contributed by atoms with Gasteiger partial charge >= 0.3 is 6.18 Å². The number of carbonyl (C=O) groups is 1. The second-order valence-electron chi connectivity index (χ2n) is 7.96. The zero-order valence-electron chi connectivity index (χ0n) is 18.5. The van der Waals surface area contributed by atoms with Gasteiger partial charge in [-0.15, -0.1) is 0 Å². The van der Waals surface area contributed by atoms with Crippen LogP contribution in [0.1, 0.15) is 53.4 Å². The van der Waals surface area contributed by atoms with Crippen LogP contribution in [0.5, 0.6) is 5.75 Å². The summed E-state index contributed by atoms with van der Waals surface area (Å²) in [4.78, 5) is 28.5. The zero-order chi connectivity index (χ0) is 26.1. The SMILES string of the molecule is CC(NC(=O)c1cc(C(F)(F)F)nc(C2(C#N)CC2)c1)c1ncnn1-c1ncc(OCC(F)F)cn1. The van der Waals surface area contributed by atoms with E-state index in [1.807, 2.05) is 6.07 Å². The van der Waals surface area contributed by atoms with Gasteiger partial charge in [0.05, 0.1) is 35.6 Å². The van der Waals surface area contributed by atoms with Crippen LogP contribution in [0.4, 0.5) is 22.0 Å². The topological polar surface area (TPSA) is 132 Å². The molecule has 4 rings (SSSR count). The van der Waals surface area contributed by atoms with Crippen molar-refractivity contribution in [1.82, 2.24) is 35.0 Å². The molecule has 1 unspecified atom stereocenters. The van der Waals surface area contributed by atoms with Crippen LogP contribution in [0.25, 0.3) is 5.95 Å². The Morgan fingerprint density at radius 2 is 1.94 bits per heavy atom. The number of pyridine rings is 1. The van der Waals surface area contributed by atoms with Gasteiger partial charge in [-0.05, 0) is 31.9 Å². The lowest BCUT2D eigenvalue weighted by molar-refractivity contribution is -0.141. The quantitative estimate of drug-likeness (QED) is 0.459. The molecule has 0 spiro atoms. The van der Waals surface area contributed by atoms with Crippen molar-refractivity contribution in [3.8, 4) is 17.8 Å². The molecule has 0 saturated heterocycles. The average Bonchev–Trinajstić information content (AvgIpc) is 3.50. The van der Waals surface area contributed by atoms with Crippen molar-refractivity contribution in [2.75, 3.05) is 6.61 Å². The summed E-state index contributed by atoms with van der Waals surface area (Å²) >= 11 is 0. The number of nitrogens with zero attached hydrogens (tertiary/aromatic N) is 7. The Labute approximate surface area is 200 Å². The zero-order valence-corrected chi connectivity index (χ0v) is 18.5. The van der Waals surface area contributed by atoms with Gasteiger partial charge < -0.3 is 10.1 Å². The Morgan fingerprint density at radius 1 is 1.25 bits per heavy atom. The Balaban J connectivity index is 1.55. The largest absolute Gasteiger partial charge is 0.484 e. The molecule has 3 aromatic heterocycles. The number of aromatic nitrogens is 6. The standard InChI is InChI=1S/C21H17F5N8O2/c1-11(17-30-10-31-34(17)19-28-6-13(7-29-19)36-8-16(22)23)32-18(35)12-4-14(20(9-27)2-3-20)33-15(5-12)21(24,25)26/h4-7,10-11,16H,2-3,8H2,1H3,(H,32,35). The molecule has 1 amide bonds. The summed E-state index contributed by atoms with van der Waals surface area (Å²) < 4.78 is 70.8. The number of hydrogen-bond donors (Lipinski definition) is 1. The first-order valence-electron chi connectivity index (χ1n) is 10.5. The minimum atomic E-state index is -4.81. The highest BCUT2D eigenvalue weighted by molar-refractivity contribution is 5.94. The molecule has 188 valence electrons. The number of amides is 1. The van der Waals surface area contributed by atoms with Gasteiger partial charge in [-0.1, -0.05) is 0 Å². The van der Waals surface area contributed by atoms with E-state index in [-0.39, 0.29) is 28.8 Å². The molecule has 1 N–H and O–H groups in total. The van der Waals surface area contributed by atoms with Gasteiger partial charge in [0.25, 0.3) is 18.3 Å². The van der Waals surface area contributed by atoms with Crippen molar-refractivity contribution in [2.45, 2.75) is 43.8 Å². The normalized spacial score (nSPS) is 15.3. The predicted molar refractivity (Wildman–Crippen MR) is 110 cm³/mol. The molecule has 15 heteroatoms. The fourth-order valence-electron chi connectivity index (χ4n) is 3.30. The Morgan fingerprint density at radius 3 is 2.53 bits per heavy atom. The summed E-state index contributed by atoms with van der Waals surface area (Å²) in [6.45, 7) is 0.686. The number of hydrogen-bond acceptors (Lipinski definition) is 8. The van der Waals surface area contributed by atoms with Crippen molar-refractivity contribution < 1.29 is 31.5 Å². The van der Waals surface area contributed by atoms with E-state index in [0.717, 1.165) is 23.4 Å². The van der Waals surface area contributed by atoms with Crippen molar-refractivity contribution >= 4 is 5.91 Å². The summed E-state index contributed by atoms with van der Waals surface area (Å²) in [7, 11) is 0. The lowest BCUT2D eigenvalue weighted by Crippen LogP contribution is -2.30. The Kier molecular flexibility index (Phi) is 6.53. The van der Waals surface area contributed by atoms with E-state index in [9.17, 15) is 32.0 Å². The third-order valence-electron chi connectivity index (χ3n) is 5.32. The molecule has 36 heavy (non-hydrogen) atoms. The fourth-order valence-corrected chi connectivity index (χ4v) is 3.30. The molecule has 1 atom stereocenters. The first-order chi connectivity index (χ1) is 17.0. The number of halogens is 5. The molecule has 1 fully saturated rings. The molecule has 3 heterocycles. The van der Waals surface area contributed by atoms with Crippen LogP contribution in [-0.4, -0.2) is 48.7 Å². The summed E-state index contributed by atoms with van der Waals surface area (Å²) in [6.07, 6.45) is -3.33. The molecule has 0 bridgehead atoms. The van der Waals surface area contributed by atoms with E-state index in [2.05, 4.69) is 30.4 Å². The number of nitriles is 1. The van der Waals surface area contributed by atoms with Crippen molar-refractivity contribution in [1.29, 1.82) is 5.26 Å². The van der Waals surface area contributed by atoms with Crippen LogP contribution in [0.3, 0.4) is 0 Å². The first-order valence-corrected chi connectivity index (χ1v) is 10.5. The molecular weight excluding hydrogens is 491 g/mol. The molecule has 1 aliphatic carbocycles. The number of carbonyl (C=O) groups excluding carboxylic acids is 1. The molecule has 1 aliphatic rings. The second-order valence-corrected chi connectivity index (χ2v) is 7.96. The lowest BCUT2D eigenvalue weighted by Gasteiger charge is -2.16. The molecule has 0 aromatic carbocycles. The van der Waals surface area contributed by atoms with E-state index in [1.165, 1.54) is 13.0 Å². The smallest absolute Gasteiger partial charge is 0.433 e. The molecule has 0 aliphatic heterocycles. The highest BCUT2D eigenvalue weighted by Crippen LogP contribution is 2.47. The van der Waals surface area contributed by atoms with E-state index in [0.29, 0.717) is 18.9 Å². The molecule has 1 saturated carbocycles. The summed E-state index contributed by atoms with van der Waals surface area (Å²) in [5, 5.41) is 15.9. The van der Waals surface area contributed by atoms with Crippen LogP contribution in [0.15, 0.2) is 30.9 Å². The maximum absolute atomic E-state index is 13.4. The van der Waals surface area contributed by atoms with Crippen molar-refractivity contribution in [2.24, 2.45) is 0 Å². The summed E-state index contributed by atoms with van der Waals surface area (Å²) in [5.74, 6) is -0.715. The number of ether oxygens (including phenoxy) is 1. The lowest BCUT2D eigenvalue weighted by atomic mass is 10.0. The number of nitrogens with one attached hydrogen (secondary N) is 1. The van der Waals surface area contributed by atoms with Gasteiger partial charge in [-0.3, -0.25) is 4.79 Å². The highest BCUT2D eigenvalue weighted by Gasteiger charge is 2.48. The molecular formula is C21H17F5N8O2. The van der Waals surface area contributed by atoms with E-state index >= 15 is 0 Å². The van der Waals surface area contributed by atoms with E-state index in [1.54, 1.807) is 0 Å². The van der Waals surface area contributed by atoms with Gasteiger partial charge in [-0.2, -0.15) is 28.2 Å². The summed E-state index contributed by atoms with van der Waals surface area (Å²) in [6, 6.07) is 2.91. The van der Waals surface area contributed by atoms with Gasteiger partial charge in [0.2, 0.25) is 0 Å². The van der Waals surface area contributed by atoms with Crippen molar-refractivity contribution in [3.05, 3.63) is 53.6 Å². The first kappa shape index (κ1) is 24.9. The Bertz CT molecular complexity index is 1300.